The minimum absolute atomic E-state index is 0.0335. The standard InChI is InChI=1S/C20H28N4O3/c1-14(24-13-21-16-7-5-6-8-17(16)24)18(25)22-15-9-11-23(12-10-15)19(26)27-20(2,3)4/h5-8,13-15H,9-12H2,1-4H3,(H,22,25). The Morgan fingerprint density at radius 2 is 1.89 bits per heavy atom. The van der Waals surface area contributed by atoms with Gasteiger partial charge in [0.2, 0.25) is 5.91 Å². The number of imidazole rings is 1. The number of benzene rings is 1. The number of fused-ring (bicyclic) bond motifs is 1. The number of piperidine rings is 1. The predicted octanol–water partition coefficient (Wildman–Crippen LogP) is 3.11. The van der Waals surface area contributed by atoms with Gasteiger partial charge in [0.25, 0.3) is 0 Å². The van der Waals surface area contributed by atoms with Gasteiger partial charge in [-0.25, -0.2) is 9.78 Å². The van der Waals surface area contributed by atoms with E-state index in [9.17, 15) is 9.59 Å². The fourth-order valence-corrected chi connectivity index (χ4v) is 3.27. The van der Waals surface area contributed by atoms with E-state index in [2.05, 4.69) is 10.3 Å². The number of ether oxygens (including phenoxy) is 1. The molecule has 0 aliphatic carbocycles. The Labute approximate surface area is 159 Å². The molecule has 1 saturated heterocycles. The zero-order valence-corrected chi connectivity index (χ0v) is 16.4. The van der Waals surface area contributed by atoms with E-state index in [0.717, 1.165) is 23.9 Å². The number of hydrogen-bond donors (Lipinski definition) is 1. The Kier molecular flexibility index (Phi) is 5.39. The van der Waals surface area contributed by atoms with Crippen LogP contribution in [-0.4, -0.2) is 51.2 Å². The summed E-state index contributed by atoms with van der Waals surface area (Å²) in [5.41, 5.74) is 1.33. The van der Waals surface area contributed by atoms with E-state index in [1.54, 1.807) is 11.2 Å². The van der Waals surface area contributed by atoms with Crippen molar-refractivity contribution in [3.05, 3.63) is 30.6 Å². The second-order valence-corrected chi connectivity index (χ2v) is 8.07. The molecule has 1 N–H and O–H groups in total. The maximum atomic E-state index is 12.7. The first-order valence-electron chi connectivity index (χ1n) is 9.44. The van der Waals surface area contributed by atoms with Gasteiger partial charge in [-0.2, -0.15) is 0 Å². The molecule has 1 unspecified atom stereocenters. The van der Waals surface area contributed by atoms with Crippen molar-refractivity contribution in [3.63, 3.8) is 0 Å². The van der Waals surface area contributed by atoms with Crippen molar-refractivity contribution in [3.8, 4) is 0 Å². The molecule has 1 fully saturated rings. The molecule has 1 atom stereocenters. The Morgan fingerprint density at radius 3 is 2.56 bits per heavy atom. The van der Waals surface area contributed by atoms with E-state index in [4.69, 9.17) is 4.74 Å². The number of likely N-dealkylation sites (tertiary alicyclic amines) is 1. The summed E-state index contributed by atoms with van der Waals surface area (Å²) in [5.74, 6) is -0.0335. The maximum absolute atomic E-state index is 12.7. The van der Waals surface area contributed by atoms with Gasteiger partial charge < -0.3 is 19.5 Å². The molecule has 7 heteroatoms. The fourth-order valence-electron chi connectivity index (χ4n) is 3.27. The molecular formula is C20H28N4O3. The summed E-state index contributed by atoms with van der Waals surface area (Å²) in [4.78, 5) is 30.9. The number of amides is 2. The van der Waals surface area contributed by atoms with Crippen LogP contribution in [0.25, 0.3) is 11.0 Å². The molecule has 2 heterocycles. The number of nitrogens with one attached hydrogen (secondary N) is 1. The smallest absolute Gasteiger partial charge is 0.410 e. The molecule has 1 aliphatic heterocycles. The van der Waals surface area contributed by atoms with Gasteiger partial charge in [0.1, 0.15) is 11.6 Å². The Balaban J connectivity index is 1.54. The average Bonchev–Trinajstić information content (AvgIpc) is 3.04. The lowest BCUT2D eigenvalue weighted by molar-refractivity contribution is -0.124. The monoisotopic (exact) mass is 372 g/mol. The zero-order valence-electron chi connectivity index (χ0n) is 16.4. The number of para-hydroxylation sites is 2. The molecular weight excluding hydrogens is 344 g/mol. The summed E-state index contributed by atoms with van der Waals surface area (Å²) in [6.45, 7) is 8.63. The van der Waals surface area contributed by atoms with E-state index in [1.807, 2.05) is 56.5 Å². The number of hydrogen-bond acceptors (Lipinski definition) is 4. The fraction of sp³-hybridized carbons (Fsp3) is 0.550. The molecule has 0 radical (unpaired) electrons. The molecule has 146 valence electrons. The van der Waals surface area contributed by atoms with Gasteiger partial charge >= 0.3 is 6.09 Å². The minimum Gasteiger partial charge on any atom is -0.444 e. The highest BCUT2D eigenvalue weighted by atomic mass is 16.6. The minimum atomic E-state index is -0.495. The van der Waals surface area contributed by atoms with Crippen LogP contribution in [0.5, 0.6) is 0 Å². The van der Waals surface area contributed by atoms with Gasteiger partial charge in [-0.15, -0.1) is 0 Å². The summed E-state index contributed by atoms with van der Waals surface area (Å²) in [6, 6.07) is 7.49. The quantitative estimate of drug-likeness (QED) is 0.898. The molecule has 2 aromatic rings. The average molecular weight is 372 g/mol. The van der Waals surface area contributed by atoms with Crippen molar-refractivity contribution >= 4 is 23.0 Å². The first-order chi connectivity index (χ1) is 12.7. The third kappa shape index (κ3) is 4.59. The van der Waals surface area contributed by atoms with E-state index >= 15 is 0 Å². The van der Waals surface area contributed by atoms with Crippen LogP contribution in [0.3, 0.4) is 0 Å². The second-order valence-electron chi connectivity index (χ2n) is 8.07. The number of aromatic nitrogens is 2. The maximum Gasteiger partial charge on any atom is 0.410 e. The summed E-state index contributed by atoms with van der Waals surface area (Å²) < 4.78 is 7.30. The highest BCUT2D eigenvalue weighted by Gasteiger charge is 2.28. The Hall–Kier alpha value is -2.57. The predicted molar refractivity (Wildman–Crippen MR) is 103 cm³/mol. The third-order valence-corrected chi connectivity index (χ3v) is 4.77. The summed E-state index contributed by atoms with van der Waals surface area (Å²) in [6.07, 6.45) is 2.87. The van der Waals surface area contributed by atoms with E-state index < -0.39 is 5.60 Å². The van der Waals surface area contributed by atoms with Crippen LogP contribution >= 0.6 is 0 Å². The van der Waals surface area contributed by atoms with E-state index in [1.165, 1.54) is 0 Å². The second kappa shape index (κ2) is 7.58. The lowest BCUT2D eigenvalue weighted by Gasteiger charge is -2.34. The van der Waals surface area contributed by atoms with Gasteiger partial charge in [0.15, 0.2) is 0 Å². The molecule has 2 amide bonds. The number of rotatable bonds is 3. The normalized spacial score (nSPS) is 17.0. The van der Waals surface area contributed by atoms with Crippen molar-refractivity contribution in [2.24, 2.45) is 0 Å². The van der Waals surface area contributed by atoms with Crippen LogP contribution in [0.2, 0.25) is 0 Å². The number of carbonyl (C=O) groups excluding carboxylic acids is 2. The number of carbonyl (C=O) groups is 2. The van der Waals surface area contributed by atoms with Crippen molar-refractivity contribution < 1.29 is 14.3 Å². The highest BCUT2D eigenvalue weighted by Crippen LogP contribution is 2.19. The lowest BCUT2D eigenvalue weighted by atomic mass is 10.0. The van der Waals surface area contributed by atoms with Gasteiger partial charge in [0, 0.05) is 19.1 Å². The van der Waals surface area contributed by atoms with Crippen molar-refractivity contribution in [1.82, 2.24) is 19.8 Å². The van der Waals surface area contributed by atoms with Crippen LogP contribution < -0.4 is 5.32 Å². The SMILES string of the molecule is CC(C(=O)NC1CCN(C(=O)OC(C)(C)C)CC1)n1cnc2ccccc21. The molecule has 3 rings (SSSR count). The van der Waals surface area contributed by atoms with Crippen molar-refractivity contribution in [2.75, 3.05) is 13.1 Å². The zero-order chi connectivity index (χ0) is 19.6. The molecule has 27 heavy (non-hydrogen) atoms. The van der Waals surface area contributed by atoms with Crippen LogP contribution in [0, 0.1) is 0 Å². The molecule has 1 aromatic carbocycles. The molecule has 1 aliphatic rings. The van der Waals surface area contributed by atoms with Crippen molar-refractivity contribution in [1.29, 1.82) is 0 Å². The first kappa shape index (κ1) is 19.2. The molecule has 0 bridgehead atoms. The largest absolute Gasteiger partial charge is 0.444 e. The molecule has 0 spiro atoms. The van der Waals surface area contributed by atoms with Crippen LogP contribution in [-0.2, 0) is 9.53 Å². The lowest BCUT2D eigenvalue weighted by Crippen LogP contribution is -2.48. The van der Waals surface area contributed by atoms with Crippen molar-refractivity contribution in [2.45, 2.75) is 58.2 Å². The Bertz CT molecular complexity index is 816. The summed E-state index contributed by atoms with van der Waals surface area (Å²) >= 11 is 0. The molecule has 1 aromatic heterocycles. The first-order valence-corrected chi connectivity index (χ1v) is 9.44. The summed E-state index contributed by atoms with van der Waals surface area (Å²) in [5, 5.41) is 3.11. The van der Waals surface area contributed by atoms with Crippen LogP contribution in [0.4, 0.5) is 4.79 Å². The van der Waals surface area contributed by atoms with Gasteiger partial charge in [0.05, 0.1) is 17.4 Å². The van der Waals surface area contributed by atoms with Crippen LogP contribution in [0.1, 0.15) is 46.6 Å². The highest BCUT2D eigenvalue weighted by molar-refractivity contribution is 5.83. The molecule has 0 saturated carbocycles. The van der Waals surface area contributed by atoms with Gasteiger partial charge in [-0.1, -0.05) is 12.1 Å². The third-order valence-electron chi connectivity index (χ3n) is 4.77. The van der Waals surface area contributed by atoms with Gasteiger partial charge in [-0.3, -0.25) is 4.79 Å². The van der Waals surface area contributed by atoms with E-state index in [-0.39, 0.29) is 24.1 Å². The van der Waals surface area contributed by atoms with Crippen LogP contribution in [0.15, 0.2) is 30.6 Å². The summed E-state index contributed by atoms with van der Waals surface area (Å²) in [7, 11) is 0. The topological polar surface area (TPSA) is 76.5 Å². The Morgan fingerprint density at radius 1 is 1.22 bits per heavy atom. The van der Waals surface area contributed by atoms with Gasteiger partial charge in [-0.05, 0) is 52.7 Å². The molecule has 7 nitrogen and oxygen atoms in total. The number of nitrogens with zero attached hydrogens (tertiary/aromatic N) is 3. The van der Waals surface area contributed by atoms with E-state index in [0.29, 0.717) is 13.1 Å².